The van der Waals surface area contributed by atoms with E-state index in [2.05, 4.69) is 11.8 Å². The van der Waals surface area contributed by atoms with Gasteiger partial charge in [0, 0.05) is 12.6 Å². The molecule has 4 nitrogen and oxygen atoms in total. The van der Waals surface area contributed by atoms with Gasteiger partial charge < -0.3 is 19.5 Å². The van der Waals surface area contributed by atoms with Gasteiger partial charge in [-0.25, -0.2) is 0 Å². The summed E-state index contributed by atoms with van der Waals surface area (Å²) in [7, 11) is 1.64. The number of fused-ring (bicyclic) bond motifs is 1. The van der Waals surface area contributed by atoms with Crippen LogP contribution in [0.2, 0.25) is 0 Å². The van der Waals surface area contributed by atoms with Crippen molar-refractivity contribution < 1.29 is 14.6 Å². The van der Waals surface area contributed by atoms with Crippen LogP contribution < -0.4 is 14.4 Å². The fourth-order valence-corrected chi connectivity index (χ4v) is 2.11. The number of hydrogen-bond acceptors (Lipinski definition) is 4. The number of aliphatic hydroxyl groups excluding tert-OH is 1. The van der Waals surface area contributed by atoms with Gasteiger partial charge in [-0.15, -0.1) is 0 Å². The van der Waals surface area contributed by atoms with Crippen LogP contribution in [0.25, 0.3) is 0 Å². The summed E-state index contributed by atoms with van der Waals surface area (Å²) < 4.78 is 10.9. The zero-order valence-corrected chi connectivity index (χ0v) is 10.3. The Hall–Kier alpha value is -1.42. The average molecular weight is 237 g/mol. The van der Waals surface area contributed by atoms with Gasteiger partial charge in [0.2, 0.25) is 0 Å². The van der Waals surface area contributed by atoms with Crippen LogP contribution in [0.15, 0.2) is 18.2 Å². The van der Waals surface area contributed by atoms with Crippen molar-refractivity contribution in [2.45, 2.75) is 19.4 Å². The molecule has 0 fully saturated rings. The molecule has 2 rings (SSSR count). The van der Waals surface area contributed by atoms with E-state index < -0.39 is 0 Å². The largest absolute Gasteiger partial charge is 0.497 e. The van der Waals surface area contributed by atoms with Crippen LogP contribution in [0, 0.1) is 0 Å². The van der Waals surface area contributed by atoms with E-state index in [1.807, 2.05) is 18.2 Å². The van der Waals surface area contributed by atoms with Gasteiger partial charge in [-0.05, 0) is 18.6 Å². The van der Waals surface area contributed by atoms with Crippen LogP contribution >= 0.6 is 0 Å². The maximum absolute atomic E-state index is 9.25. The second-order valence-electron chi connectivity index (χ2n) is 4.20. The Morgan fingerprint density at radius 1 is 1.53 bits per heavy atom. The van der Waals surface area contributed by atoms with Gasteiger partial charge in [0.1, 0.15) is 17.6 Å². The standard InChI is InChI=1S/C13H19NO3/c1-3-6-14-8-11(9-15)17-13-7-10(16-2)4-5-12(13)14/h4-5,7,11,15H,3,6,8-9H2,1-2H3. The normalized spacial score (nSPS) is 18.5. The first-order valence-corrected chi connectivity index (χ1v) is 5.99. The number of ether oxygens (including phenoxy) is 2. The molecule has 1 aromatic rings. The van der Waals surface area contributed by atoms with E-state index in [-0.39, 0.29) is 12.7 Å². The van der Waals surface area contributed by atoms with Crippen LogP contribution in [0.5, 0.6) is 11.5 Å². The molecule has 1 atom stereocenters. The van der Waals surface area contributed by atoms with E-state index in [1.54, 1.807) is 7.11 Å². The molecule has 1 aromatic carbocycles. The fourth-order valence-electron chi connectivity index (χ4n) is 2.11. The Balaban J connectivity index is 2.30. The van der Waals surface area contributed by atoms with Gasteiger partial charge in [0.05, 0.1) is 25.9 Å². The van der Waals surface area contributed by atoms with Crippen molar-refractivity contribution in [2.24, 2.45) is 0 Å². The Morgan fingerprint density at radius 3 is 3.00 bits per heavy atom. The lowest BCUT2D eigenvalue weighted by molar-refractivity contribution is 0.112. The molecule has 94 valence electrons. The highest BCUT2D eigenvalue weighted by Crippen LogP contribution is 2.36. The zero-order chi connectivity index (χ0) is 12.3. The minimum atomic E-state index is -0.152. The van der Waals surface area contributed by atoms with E-state index >= 15 is 0 Å². The van der Waals surface area contributed by atoms with E-state index in [9.17, 15) is 5.11 Å². The van der Waals surface area contributed by atoms with E-state index in [1.165, 1.54) is 0 Å². The lowest BCUT2D eigenvalue weighted by atomic mass is 10.1. The van der Waals surface area contributed by atoms with Crippen LogP contribution in [0.1, 0.15) is 13.3 Å². The summed E-state index contributed by atoms with van der Waals surface area (Å²) in [6, 6.07) is 5.82. The molecule has 1 aliphatic heterocycles. The highest BCUT2D eigenvalue weighted by atomic mass is 16.5. The SMILES string of the molecule is CCCN1CC(CO)Oc2cc(OC)ccc21. The first-order chi connectivity index (χ1) is 8.28. The number of anilines is 1. The summed E-state index contributed by atoms with van der Waals surface area (Å²) >= 11 is 0. The number of aliphatic hydroxyl groups is 1. The summed E-state index contributed by atoms with van der Waals surface area (Å²) in [4.78, 5) is 2.25. The first kappa shape index (κ1) is 12.0. The third kappa shape index (κ3) is 2.47. The lowest BCUT2D eigenvalue weighted by Gasteiger charge is -2.35. The summed E-state index contributed by atoms with van der Waals surface area (Å²) in [6.45, 7) is 3.90. The highest BCUT2D eigenvalue weighted by Gasteiger charge is 2.24. The van der Waals surface area contributed by atoms with Crippen molar-refractivity contribution in [2.75, 3.05) is 31.7 Å². The molecule has 0 aromatic heterocycles. The first-order valence-electron chi connectivity index (χ1n) is 5.99. The van der Waals surface area contributed by atoms with Gasteiger partial charge in [0.25, 0.3) is 0 Å². The molecule has 0 saturated heterocycles. The molecular formula is C13H19NO3. The number of hydrogen-bond donors (Lipinski definition) is 1. The van der Waals surface area contributed by atoms with E-state index in [0.717, 1.165) is 36.7 Å². The zero-order valence-electron chi connectivity index (χ0n) is 10.3. The molecule has 17 heavy (non-hydrogen) atoms. The van der Waals surface area contributed by atoms with Crippen LogP contribution in [0.4, 0.5) is 5.69 Å². The van der Waals surface area contributed by atoms with Gasteiger partial charge in [0.15, 0.2) is 0 Å². The Morgan fingerprint density at radius 2 is 2.35 bits per heavy atom. The predicted octanol–water partition coefficient (Wildman–Crippen LogP) is 1.66. The molecule has 0 amide bonds. The quantitative estimate of drug-likeness (QED) is 0.865. The molecule has 1 N–H and O–H groups in total. The number of nitrogens with zero attached hydrogens (tertiary/aromatic N) is 1. The van der Waals surface area contributed by atoms with E-state index in [4.69, 9.17) is 9.47 Å². The highest BCUT2D eigenvalue weighted by molar-refractivity contribution is 5.62. The van der Waals surface area contributed by atoms with Gasteiger partial charge in [-0.1, -0.05) is 6.92 Å². The van der Waals surface area contributed by atoms with Crippen molar-refractivity contribution in [1.29, 1.82) is 0 Å². The van der Waals surface area contributed by atoms with Crippen molar-refractivity contribution in [3.8, 4) is 11.5 Å². The van der Waals surface area contributed by atoms with Gasteiger partial charge >= 0.3 is 0 Å². The summed E-state index contributed by atoms with van der Waals surface area (Å²) in [6.07, 6.45) is 0.921. The molecule has 1 heterocycles. The molecule has 0 radical (unpaired) electrons. The average Bonchev–Trinajstić information content (AvgIpc) is 2.38. The summed E-state index contributed by atoms with van der Waals surface area (Å²) in [5, 5.41) is 9.25. The van der Waals surface area contributed by atoms with E-state index in [0.29, 0.717) is 0 Å². The number of benzene rings is 1. The summed E-state index contributed by atoms with van der Waals surface area (Å²) in [5.74, 6) is 1.57. The third-order valence-corrected chi connectivity index (χ3v) is 2.92. The van der Waals surface area contributed by atoms with Crippen LogP contribution in [-0.2, 0) is 0 Å². The Bertz CT molecular complexity index is 381. The van der Waals surface area contributed by atoms with Crippen LogP contribution in [0.3, 0.4) is 0 Å². The van der Waals surface area contributed by atoms with Crippen molar-refractivity contribution >= 4 is 5.69 Å². The molecule has 1 aliphatic rings. The second kappa shape index (κ2) is 5.27. The Labute approximate surface area is 102 Å². The molecule has 0 spiro atoms. The van der Waals surface area contributed by atoms with Gasteiger partial charge in [-0.2, -0.15) is 0 Å². The number of rotatable bonds is 4. The molecule has 1 unspecified atom stereocenters. The Kier molecular flexibility index (Phi) is 3.74. The minimum absolute atomic E-state index is 0.0386. The molecule has 0 aliphatic carbocycles. The molecule has 0 bridgehead atoms. The lowest BCUT2D eigenvalue weighted by Crippen LogP contribution is -2.42. The fraction of sp³-hybridized carbons (Fsp3) is 0.538. The summed E-state index contributed by atoms with van der Waals surface area (Å²) in [5.41, 5.74) is 1.08. The molecule has 4 heteroatoms. The van der Waals surface area contributed by atoms with Crippen molar-refractivity contribution in [3.63, 3.8) is 0 Å². The van der Waals surface area contributed by atoms with Gasteiger partial charge in [-0.3, -0.25) is 0 Å². The van der Waals surface area contributed by atoms with Crippen molar-refractivity contribution in [1.82, 2.24) is 0 Å². The maximum atomic E-state index is 9.25. The smallest absolute Gasteiger partial charge is 0.146 e. The monoisotopic (exact) mass is 237 g/mol. The molecular weight excluding hydrogens is 218 g/mol. The maximum Gasteiger partial charge on any atom is 0.146 e. The second-order valence-corrected chi connectivity index (χ2v) is 4.20. The number of methoxy groups -OCH3 is 1. The minimum Gasteiger partial charge on any atom is -0.497 e. The predicted molar refractivity (Wildman–Crippen MR) is 67.0 cm³/mol. The van der Waals surface area contributed by atoms with Crippen molar-refractivity contribution in [3.05, 3.63) is 18.2 Å². The third-order valence-electron chi connectivity index (χ3n) is 2.92. The van der Waals surface area contributed by atoms with Crippen LogP contribution in [-0.4, -0.2) is 38.0 Å². The topological polar surface area (TPSA) is 41.9 Å². The molecule has 0 saturated carbocycles.